The Kier molecular flexibility index (Phi) is 8.97. The van der Waals surface area contributed by atoms with E-state index in [1.54, 1.807) is 12.1 Å². The lowest BCUT2D eigenvalue weighted by molar-refractivity contribution is -0.116. The number of Topliss-reactive ketones (excluding diaryl/α,β-unsaturated/α-hetero) is 2. The molecule has 0 saturated carbocycles. The zero-order valence-electron chi connectivity index (χ0n) is 21.3. The molecule has 1 aromatic carbocycles. The van der Waals surface area contributed by atoms with E-state index < -0.39 is 52.2 Å². The maximum Gasteiger partial charge on any atom is 0.494 e. The first-order valence-electron chi connectivity index (χ1n) is 11.8. The molecule has 1 atom stereocenters. The summed E-state index contributed by atoms with van der Waals surface area (Å²) in [5.41, 5.74) is 16.1. The SMILES string of the molecule is CC1(C)OB(c2cccc(S(=O)(=O)Nc3ccsc3C(=O)C(=O)[C@@H](N)CCCNC(N)N)c2)OC1(C)C. The van der Waals surface area contributed by atoms with Crippen molar-refractivity contribution in [3.05, 3.63) is 40.6 Å². The van der Waals surface area contributed by atoms with Gasteiger partial charge in [0.2, 0.25) is 11.6 Å². The number of rotatable bonds is 12. The number of nitrogens with one attached hydrogen (secondary N) is 2. The van der Waals surface area contributed by atoms with E-state index in [4.69, 9.17) is 26.5 Å². The van der Waals surface area contributed by atoms with Crippen LogP contribution in [0.1, 0.15) is 50.2 Å². The summed E-state index contributed by atoms with van der Waals surface area (Å²) in [6.45, 7) is 8.06. The molecule has 2 aromatic rings. The van der Waals surface area contributed by atoms with Crippen molar-refractivity contribution in [3.8, 4) is 0 Å². The minimum atomic E-state index is -4.10. The highest BCUT2D eigenvalue weighted by Gasteiger charge is 2.51. The van der Waals surface area contributed by atoms with Crippen LogP contribution in [0.2, 0.25) is 0 Å². The maximum atomic E-state index is 13.2. The fourth-order valence-electron chi connectivity index (χ4n) is 3.58. The number of carbonyl (C=O) groups is 2. The Morgan fingerprint density at radius 2 is 1.73 bits per heavy atom. The minimum Gasteiger partial charge on any atom is -0.399 e. The molecule has 37 heavy (non-hydrogen) atoms. The van der Waals surface area contributed by atoms with Crippen molar-refractivity contribution < 1.29 is 27.3 Å². The second-order valence-corrected chi connectivity index (χ2v) is 12.5. The lowest BCUT2D eigenvalue weighted by atomic mass is 9.79. The van der Waals surface area contributed by atoms with Gasteiger partial charge in [-0.3, -0.25) is 19.6 Å². The number of ketones is 2. The van der Waals surface area contributed by atoms with Crippen molar-refractivity contribution in [2.24, 2.45) is 17.2 Å². The van der Waals surface area contributed by atoms with Crippen LogP contribution in [0.15, 0.2) is 40.6 Å². The van der Waals surface area contributed by atoms with Gasteiger partial charge in [0, 0.05) is 0 Å². The van der Waals surface area contributed by atoms with Gasteiger partial charge >= 0.3 is 7.12 Å². The second kappa shape index (κ2) is 11.3. The van der Waals surface area contributed by atoms with Crippen molar-refractivity contribution in [1.82, 2.24) is 5.32 Å². The average Bonchev–Trinajstić information content (AvgIpc) is 3.35. The van der Waals surface area contributed by atoms with Gasteiger partial charge in [0.05, 0.1) is 27.8 Å². The molecule has 1 saturated heterocycles. The summed E-state index contributed by atoms with van der Waals surface area (Å²) in [5, 5.41) is 4.32. The number of anilines is 1. The Morgan fingerprint density at radius 3 is 2.35 bits per heavy atom. The van der Waals surface area contributed by atoms with Gasteiger partial charge < -0.3 is 26.5 Å². The maximum absolute atomic E-state index is 13.2. The zero-order chi connectivity index (χ0) is 27.6. The summed E-state index contributed by atoms with van der Waals surface area (Å²) in [4.78, 5) is 25.4. The van der Waals surface area contributed by atoms with Crippen LogP contribution in [0.3, 0.4) is 0 Å². The highest BCUT2D eigenvalue weighted by molar-refractivity contribution is 7.92. The molecule has 3 rings (SSSR count). The monoisotopic (exact) mass is 551 g/mol. The van der Waals surface area contributed by atoms with Gasteiger partial charge in [-0.2, -0.15) is 0 Å². The van der Waals surface area contributed by atoms with Crippen LogP contribution in [-0.4, -0.2) is 57.2 Å². The Bertz CT molecular complexity index is 1230. The molecule has 1 fully saturated rings. The summed E-state index contributed by atoms with van der Waals surface area (Å²) in [5.74, 6) is -1.66. The molecule has 0 radical (unpaired) electrons. The summed E-state index contributed by atoms with van der Waals surface area (Å²) in [6.07, 6.45) is 0.0317. The van der Waals surface area contributed by atoms with Gasteiger partial charge in [0.25, 0.3) is 10.0 Å². The van der Waals surface area contributed by atoms with Gasteiger partial charge in [-0.15, -0.1) is 11.3 Å². The molecule has 0 spiro atoms. The van der Waals surface area contributed by atoms with E-state index in [9.17, 15) is 18.0 Å². The molecule has 14 heteroatoms. The third kappa shape index (κ3) is 6.83. The topological polar surface area (TPSA) is 189 Å². The molecule has 0 bridgehead atoms. The van der Waals surface area contributed by atoms with E-state index in [1.165, 1.54) is 23.6 Å². The van der Waals surface area contributed by atoms with Gasteiger partial charge in [-0.1, -0.05) is 12.1 Å². The van der Waals surface area contributed by atoms with Crippen molar-refractivity contribution in [2.45, 2.75) is 69.0 Å². The number of thiophene rings is 1. The molecule has 11 nitrogen and oxygen atoms in total. The summed E-state index contributed by atoms with van der Waals surface area (Å²) >= 11 is 0.956. The van der Waals surface area contributed by atoms with Gasteiger partial charge in [0.1, 0.15) is 11.2 Å². The molecule has 1 aromatic heterocycles. The van der Waals surface area contributed by atoms with Crippen LogP contribution in [-0.2, 0) is 24.1 Å². The highest BCUT2D eigenvalue weighted by atomic mass is 32.2. The molecular formula is C23H34BN5O6S2. The molecule has 0 aliphatic carbocycles. The van der Waals surface area contributed by atoms with Crippen LogP contribution in [0.25, 0.3) is 0 Å². The molecule has 8 N–H and O–H groups in total. The first-order chi connectivity index (χ1) is 17.1. The average molecular weight is 552 g/mol. The van der Waals surface area contributed by atoms with Crippen LogP contribution < -0.4 is 32.7 Å². The van der Waals surface area contributed by atoms with Gasteiger partial charge in [-0.05, 0) is 76.1 Å². The Morgan fingerprint density at radius 1 is 1.08 bits per heavy atom. The van der Waals surface area contributed by atoms with E-state index in [0.717, 1.165) is 11.3 Å². The number of benzene rings is 1. The van der Waals surface area contributed by atoms with Gasteiger partial charge in [-0.25, -0.2) is 8.42 Å². The molecule has 1 aliphatic heterocycles. The van der Waals surface area contributed by atoms with Crippen molar-refractivity contribution in [2.75, 3.05) is 11.3 Å². The molecule has 0 amide bonds. The van der Waals surface area contributed by atoms with E-state index in [0.29, 0.717) is 18.4 Å². The van der Waals surface area contributed by atoms with Crippen molar-refractivity contribution >= 4 is 51.2 Å². The van der Waals surface area contributed by atoms with Gasteiger partial charge in [0.15, 0.2) is 0 Å². The Hall–Kier alpha value is -2.17. The Labute approximate surface area is 221 Å². The normalized spacial score (nSPS) is 17.7. The van der Waals surface area contributed by atoms with Crippen LogP contribution >= 0.6 is 11.3 Å². The third-order valence-electron chi connectivity index (χ3n) is 6.44. The fourth-order valence-corrected chi connectivity index (χ4v) is 5.56. The van der Waals surface area contributed by atoms with E-state index in [2.05, 4.69) is 10.0 Å². The number of hydrogen-bond donors (Lipinski definition) is 5. The number of sulfonamides is 1. The quantitative estimate of drug-likeness (QED) is 0.0817. The molecule has 2 heterocycles. The second-order valence-electron chi connectivity index (χ2n) is 9.85. The molecule has 202 valence electrons. The lowest BCUT2D eigenvalue weighted by Crippen LogP contribution is -2.46. The lowest BCUT2D eigenvalue weighted by Gasteiger charge is -2.32. The first kappa shape index (κ1) is 29.4. The van der Waals surface area contributed by atoms with Crippen LogP contribution in [0.4, 0.5) is 5.69 Å². The molecular weight excluding hydrogens is 517 g/mol. The Balaban J connectivity index is 1.73. The van der Waals surface area contributed by atoms with Crippen LogP contribution in [0.5, 0.6) is 0 Å². The molecule has 0 unspecified atom stereocenters. The zero-order valence-corrected chi connectivity index (χ0v) is 22.9. The number of hydrogen-bond acceptors (Lipinski definition) is 11. The standard InChI is InChI=1S/C23H34BN5O6S2/c1-22(2)23(3,4)35-24(34-22)14-7-5-8-15(13-14)37(32,33)29-17-10-12-36-20(17)19(31)18(30)16(25)9-6-11-28-21(26)27/h5,7-8,10,12-13,16,21,28-29H,6,9,11,25-27H2,1-4H3/t16-/m0/s1. The van der Waals surface area contributed by atoms with E-state index in [1.807, 2.05) is 27.7 Å². The number of nitrogens with two attached hydrogens (primary N) is 3. The highest BCUT2D eigenvalue weighted by Crippen LogP contribution is 2.36. The number of carbonyl (C=O) groups excluding carboxylic acids is 2. The summed E-state index contributed by atoms with van der Waals surface area (Å²) in [7, 11) is -4.84. The van der Waals surface area contributed by atoms with E-state index >= 15 is 0 Å². The minimum absolute atomic E-state index is 0.00681. The largest absolute Gasteiger partial charge is 0.494 e. The molecule has 1 aliphatic rings. The van der Waals surface area contributed by atoms with Crippen molar-refractivity contribution in [1.29, 1.82) is 0 Å². The smallest absolute Gasteiger partial charge is 0.399 e. The summed E-state index contributed by atoms with van der Waals surface area (Å²) in [6, 6.07) is 6.58. The fraction of sp³-hybridized carbons (Fsp3) is 0.478. The predicted octanol–water partition coefficient (Wildman–Crippen LogP) is 0.498. The van der Waals surface area contributed by atoms with E-state index in [-0.39, 0.29) is 21.9 Å². The third-order valence-corrected chi connectivity index (χ3v) is 8.72. The van der Waals surface area contributed by atoms with Crippen molar-refractivity contribution in [3.63, 3.8) is 0 Å². The predicted molar refractivity (Wildman–Crippen MR) is 144 cm³/mol. The first-order valence-corrected chi connectivity index (χ1v) is 14.2. The van der Waals surface area contributed by atoms with Crippen LogP contribution in [0, 0.1) is 0 Å². The summed E-state index contributed by atoms with van der Waals surface area (Å²) < 4.78 is 40.9.